The number of nitrogens with zero attached hydrogens (tertiary/aromatic N) is 7. The van der Waals surface area contributed by atoms with Crippen molar-refractivity contribution in [1.82, 2.24) is 40.9 Å². The van der Waals surface area contributed by atoms with E-state index in [1.165, 1.54) is 47.0 Å². The number of aromatic amines is 1. The predicted molar refractivity (Wildman–Crippen MR) is 261 cm³/mol. The maximum absolute atomic E-state index is 13.1. The SMILES string of the molecule is CC(=O)Cl.CC(=O)n1ncc2cc3c(cc21)SC[C@H](NC(=O)c1cc(Cc2ccccc2)on1)C(=O)N3C.CN1C(=O)[C@H](NC(=O)c2cc(Cc3ccccc3)on2)CSc2cc3[nH]ncc3cc21. The molecule has 0 saturated heterocycles. The Hall–Kier alpha value is -7.55. The van der Waals surface area contributed by atoms with Gasteiger partial charge in [-0.15, -0.1) is 23.5 Å². The van der Waals surface area contributed by atoms with Crippen molar-refractivity contribution in [3.8, 4) is 0 Å². The summed E-state index contributed by atoms with van der Waals surface area (Å²) < 4.78 is 12.0. The molecule has 4 amide bonds. The van der Waals surface area contributed by atoms with Gasteiger partial charge in [-0.3, -0.25) is 33.9 Å². The number of rotatable bonds is 8. The number of anilines is 2. The zero-order chi connectivity index (χ0) is 48.8. The predicted octanol–water partition coefficient (Wildman–Crippen LogP) is 6.92. The fraction of sp³-hybridized carbons (Fsp3) is 0.208. The molecule has 2 aliphatic heterocycles. The van der Waals surface area contributed by atoms with Gasteiger partial charge in [0.05, 0.1) is 34.8 Å². The molecule has 4 aromatic carbocycles. The summed E-state index contributed by atoms with van der Waals surface area (Å²) in [5, 5.41) is 25.8. The zero-order valence-corrected chi connectivity index (χ0v) is 39.9. The molecule has 0 radical (unpaired) electrons. The standard InChI is InChI=1S/C24H21N5O4S.C22H19N5O3S.C2H3ClO/c1-14(30)29-20-11-22-21(9-16(20)12-25-29)28(2)24(32)19(13-34-22)26-23(31)18-10-17(33-27-18)8-15-6-4-3-5-7-15;1-27-19-8-14-11-23-25-16(14)10-20(19)31-12-18(22(27)29)24-21(28)17-9-15(30-26-17)7-13-5-3-2-4-6-13;1-2(3)4/h3-7,9-12,19H,8,13H2,1-2H3,(H,26,31);2-6,8-11,18H,7,12H2,1H3,(H,23,25)(H,24,28);1H3/t19-;18-;/m01./s1. The lowest BCUT2D eigenvalue weighted by Gasteiger charge is -2.21. The Morgan fingerprint density at radius 3 is 1.67 bits per heavy atom. The molecule has 0 unspecified atom stereocenters. The number of thioether (sulfide) groups is 2. The third kappa shape index (κ3) is 11.3. The first kappa shape index (κ1) is 47.9. The second-order valence-corrected chi connectivity index (χ2v) is 18.5. The molecule has 0 bridgehead atoms. The van der Waals surface area contributed by atoms with Gasteiger partial charge >= 0.3 is 0 Å². The summed E-state index contributed by atoms with van der Waals surface area (Å²) in [4.78, 5) is 77.7. The molecule has 0 fully saturated rings. The van der Waals surface area contributed by atoms with Crippen LogP contribution in [-0.2, 0) is 27.2 Å². The summed E-state index contributed by atoms with van der Waals surface area (Å²) in [5.41, 5.74) is 5.47. The number of amides is 4. The second-order valence-electron chi connectivity index (χ2n) is 15.9. The first-order valence-corrected chi connectivity index (χ1v) is 23.6. The van der Waals surface area contributed by atoms with Gasteiger partial charge in [0.15, 0.2) is 11.4 Å². The van der Waals surface area contributed by atoms with E-state index in [9.17, 15) is 28.8 Å². The number of carbonyl (C=O) groups excluding carboxylic acids is 6. The minimum atomic E-state index is -0.753. The van der Waals surface area contributed by atoms with Crippen molar-refractivity contribution < 1.29 is 37.8 Å². The van der Waals surface area contributed by atoms with Gasteiger partial charge in [0.25, 0.3) is 11.8 Å². The number of H-pyrrole nitrogens is 1. The highest BCUT2D eigenvalue weighted by Crippen LogP contribution is 2.38. The van der Waals surface area contributed by atoms with E-state index in [1.54, 1.807) is 43.5 Å². The molecular weight excluding hydrogens is 944 g/mol. The van der Waals surface area contributed by atoms with Crippen LogP contribution in [0.1, 0.15) is 62.3 Å². The smallest absolute Gasteiger partial charge is 0.274 e. The molecule has 0 aliphatic carbocycles. The lowest BCUT2D eigenvalue weighted by molar-refractivity contribution is -0.120. The van der Waals surface area contributed by atoms with Crippen molar-refractivity contribution in [2.75, 3.05) is 35.4 Å². The third-order valence-corrected chi connectivity index (χ3v) is 13.2. The largest absolute Gasteiger partial charge is 0.360 e. The summed E-state index contributed by atoms with van der Waals surface area (Å²) in [6.45, 7) is 2.74. The van der Waals surface area contributed by atoms with E-state index in [0.29, 0.717) is 47.1 Å². The number of nitrogens with one attached hydrogen (secondary N) is 3. The Morgan fingerprint density at radius 2 is 1.17 bits per heavy atom. The van der Waals surface area contributed by atoms with Gasteiger partial charge in [0, 0.05) is 85.0 Å². The van der Waals surface area contributed by atoms with Crippen LogP contribution in [0.3, 0.4) is 0 Å². The van der Waals surface area contributed by atoms with Crippen LogP contribution in [0.15, 0.2) is 128 Å². The Labute approximate surface area is 407 Å². The van der Waals surface area contributed by atoms with E-state index >= 15 is 0 Å². The van der Waals surface area contributed by atoms with Gasteiger partial charge in [0.1, 0.15) is 23.6 Å². The second kappa shape index (κ2) is 21.2. The first-order chi connectivity index (χ1) is 33.2. The number of benzene rings is 4. The number of hydrogen-bond acceptors (Lipinski definition) is 14. The van der Waals surface area contributed by atoms with E-state index in [-0.39, 0.29) is 34.4 Å². The van der Waals surface area contributed by atoms with Crippen molar-refractivity contribution in [3.05, 3.63) is 143 Å². The highest BCUT2D eigenvalue weighted by Gasteiger charge is 2.33. The van der Waals surface area contributed by atoms with Crippen LogP contribution >= 0.6 is 35.1 Å². The Bertz CT molecular complexity index is 3200. The number of halogens is 1. The van der Waals surface area contributed by atoms with Crippen LogP contribution in [0.25, 0.3) is 21.8 Å². The van der Waals surface area contributed by atoms with Crippen molar-refractivity contribution in [1.29, 1.82) is 0 Å². The highest BCUT2D eigenvalue weighted by atomic mass is 35.5. The molecule has 352 valence electrons. The van der Waals surface area contributed by atoms with E-state index in [2.05, 4.69) is 47.8 Å². The van der Waals surface area contributed by atoms with Crippen LogP contribution in [-0.4, -0.2) is 103 Å². The molecule has 3 N–H and O–H groups in total. The van der Waals surface area contributed by atoms with Crippen molar-refractivity contribution in [3.63, 3.8) is 0 Å². The fourth-order valence-corrected chi connectivity index (χ4v) is 9.70. The highest BCUT2D eigenvalue weighted by molar-refractivity contribution is 7.99. The Kier molecular flexibility index (Phi) is 14.7. The number of likely N-dealkylation sites (N-methyl/N-ethyl adjacent to an activating group) is 2. The molecule has 6 heterocycles. The Balaban J connectivity index is 0.000000173. The topological polar surface area (TPSA) is 232 Å². The number of aromatic nitrogens is 6. The summed E-state index contributed by atoms with van der Waals surface area (Å²) in [5.74, 6) is 0.368. The number of carbonyl (C=O) groups is 6. The molecule has 18 nitrogen and oxygen atoms in total. The van der Waals surface area contributed by atoms with Gasteiger partial charge in [-0.05, 0) is 47.0 Å². The monoisotopic (exact) mass is 986 g/mol. The summed E-state index contributed by atoms with van der Waals surface area (Å²) >= 11 is 7.59. The quantitative estimate of drug-likeness (QED) is 0.131. The lowest BCUT2D eigenvalue weighted by atomic mass is 10.1. The summed E-state index contributed by atoms with van der Waals surface area (Å²) in [7, 11) is 3.38. The molecule has 4 aromatic heterocycles. The molecule has 2 aliphatic rings. The van der Waals surface area contributed by atoms with Gasteiger partial charge in [-0.1, -0.05) is 71.0 Å². The van der Waals surface area contributed by atoms with E-state index in [4.69, 9.17) is 9.05 Å². The molecule has 69 heavy (non-hydrogen) atoms. The molecule has 0 spiro atoms. The third-order valence-electron chi connectivity index (χ3n) is 10.9. The molecule has 10 rings (SSSR count). The Morgan fingerprint density at radius 1 is 0.696 bits per heavy atom. The average Bonchev–Trinajstić information content (AvgIpc) is 4.17. The number of hydrogen-bond donors (Lipinski definition) is 3. The normalized spacial score (nSPS) is 15.4. The minimum Gasteiger partial charge on any atom is -0.360 e. The van der Waals surface area contributed by atoms with Gasteiger partial charge in [0.2, 0.25) is 23.0 Å². The van der Waals surface area contributed by atoms with E-state index < -0.39 is 23.9 Å². The minimum absolute atomic E-state index is 0.125. The molecule has 2 atom stereocenters. The van der Waals surface area contributed by atoms with Gasteiger partial charge < -0.3 is 29.5 Å². The van der Waals surface area contributed by atoms with Crippen LogP contribution in [0.5, 0.6) is 0 Å². The van der Waals surface area contributed by atoms with Crippen LogP contribution in [0.2, 0.25) is 0 Å². The van der Waals surface area contributed by atoms with Crippen LogP contribution < -0.4 is 20.4 Å². The average molecular weight is 988 g/mol. The van der Waals surface area contributed by atoms with Crippen molar-refractivity contribution in [2.45, 2.75) is 48.6 Å². The summed E-state index contributed by atoms with van der Waals surface area (Å²) in [6, 6.07) is 28.9. The zero-order valence-electron chi connectivity index (χ0n) is 37.5. The van der Waals surface area contributed by atoms with Gasteiger partial charge in [-0.2, -0.15) is 10.2 Å². The van der Waals surface area contributed by atoms with E-state index in [0.717, 1.165) is 42.9 Å². The number of fused-ring (bicyclic) bond motifs is 4. The maximum Gasteiger partial charge on any atom is 0.274 e. The molecule has 8 aromatic rings. The van der Waals surface area contributed by atoms with Crippen LogP contribution in [0, 0.1) is 0 Å². The van der Waals surface area contributed by atoms with Crippen molar-refractivity contribution >= 4 is 103 Å². The van der Waals surface area contributed by atoms with Crippen molar-refractivity contribution in [2.24, 2.45) is 0 Å². The molecule has 0 saturated carbocycles. The van der Waals surface area contributed by atoms with E-state index in [1.807, 2.05) is 84.9 Å². The van der Waals surface area contributed by atoms with Crippen LogP contribution in [0.4, 0.5) is 11.4 Å². The lowest BCUT2D eigenvalue weighted by Crippen LogP contribution is -2.48. The molecule has 21 heteroatoms. The van der Waals surface area contributed by atoms with Gasteiger partial charge in [-0.25, -0.2) is 4.68 Å². The molecular formula is C48H43ClN10O8S2. The maximum atomic E-state index is 13.1. The fourth-order valence-electron chi connectivity index (χ4n) is 7.47. The first-order valence-electron chi connectivity index (χ1n) is 21.3. The summed E-state index contributed by atoms with van der Waals surface area (Å²) in [6.07, 6.45) is 4.38.